The summed E-state index contributed by atoms with van der Waals surface area (Å²) in [5.41, 5.74) is 6.44. The highest BCUT2D eigenvalue weighted by Gasteiger charge is 2.40. The van der Waals surface area contributed by atoms with Gasteiger partial charge >= 0.3 is 18.5 Å². The highest BCUT2D eigenvalue weighted by molar-refractivity contribution is 6.06. The van der Waals surface area contributed by atoms with E-state index in [9.17, 15) is 35.9 Å². The Kier molecular flexibility index (Phi) is 6.95. The molecule has 0 fully saturated rings. The third kappa shape index (κ3) is 5.72. The van der Waals surface area contributed by atoms with Crippen LogP contribution in [-0.2, 0) is 16.1 Å². The number of hydrogen-bond acceptors (Lipinski definition) is 7. The summed E-state index contributed by atoms with van der Waals surface area (Å²) in [7, 11) is 0. The number of aromatic nitrogens is 3. The van der Waals surface area contributed by atoms with Crippen molar-refractivity contribution in [2.75, 3.05) is 13.2 Å². The van der Waals surface area contributed by atoms with Gasteiger partial charge in [-0.1, -0.05) is 0 Å². The summed E-state index contributed by atoms with van der Waals surface area (Å²) in [6.07, 6.45) is -8.75. The number of amides is 1. The summed E-state index contributed by atoms with van der Waals surface area (Å²) in [6.45, 7) is -1.25. The summed E-state index contributed by atoms with van der Waals surface area (Å²) in [4.78, 5) is 27.5. The first-order chi connectivity index (χ1) is 15.9. The zero-order valence-electron chi connectivity index (χ0n) is 16.9. The molecule has 3 aromatic rings. The maximum Gasteiger partial charge on any atom is 0.573 e. The Labute approximate surface area is 186 Å². The lowest BCUT2D eigenvalue weighted by atomic mass is 10.1. The normalized spacial score (nSPS) is 12.0. The van der Waals surface area contributed by atoms with Crippen molar-refractivity contribution >= 4 is 22.9 Å². The van der Waals surface area contributed by atoms with E-state index < -0.39 is 43.3 Å². The molecule has 2 heterocycles. The largest absolute Gasteiger partial charge is 0.573 e. The van der Waals surface area contributed by atoms with Crippen LogP contribution in [0.2, 0.25) is 0 Å². The van der Waals surface area contributed by atoms with Gasteiger partial charge in [0.1, 0.15) is 12.4 Å². The van der Waals surface area contributed by atoms with Crippen LogP contribution in [0.4, 0.5) is 26.3 Å². The molecule has 1 amide bonds. The fraction of sp³-hybridized carbons (Fsp3) is 0.263. The van der Waals surface area contributed by atoms with E-state index in [-0.39, 0.29) is 28.8 Å². The van der Waals surface area contributed by atoms with Crippen LogP contribution < -0.4 is 15.8 Å². The van der Waals surface area contributed by atoms with E-state index in [2.05, 4.69) is 24.9 Å². The predicted octanol–water partition coefficient (Wildman–Crippen LogP) is 2.61. The second kappa shape index (κ2) is 9.54. The minimum absolute atomic E-state index is 0.0378. The summed E-state index contributed by atoms with van der Waals surface area (Å²) >= 11 is 0. The molecule has 1 aromatic carbocycles. The van der Waals surface area contributed by atoms with Gasteiger partial charge in [-0.25, -0.2) is 14.5 Å². The Balaban J connectivity index is 1.83. The van der Waals surface area contributed by atoms with Gasteiger partial charge in [0.25, 0.3) is 5.91 Å². The van der Waals surface area contributed by atoms with Gasteiger partial charge in [-0.05, 0) is 30.3 Å². The van der Waals surface area contributed by atoms with E-state index >= 15 is 0 Å². The molecule has 182 valence electrons. The molecular formula is C19H15F6N5O4. The van der Waals surface area contributed by atoms with Crippen LogP contribution in [0.1, 0.15) is 16.1 Å². The number of rotatable bonds is 7. The number of nitrogens with one attached hydrogen (secondary N) is 1. The molecule has 15 heteroatoms. The second-order valence-electron chi connectivity index (χ2n) is 6.55. The summed E-state index contributed by atoms with van der Waals surface area (Å²) in [5, 5.41) is 6.81. The number of alkyl halides is 6. The average molecular weight is 491 g/mol. The Morgan fingerprint density at radius 2 is 1.74 bits per heavy atom. The van der Waals surface area contributed by atoms with Gasteiger partial charge in [0.15, 0.2) is 5.65 Å². The molecule has 0 saturated heterocycles. The number of fused-ring (bicyclic) bond motifs is 1. The van der Waals surface area contributed by atoms with Gasteiger partial charge in [0.05, 0.1) is 28.9 Å². The Morgan fingerprint density at radius 3 is 2.32 bits per heavy atom. The number of pyridine rings is 1. The maximum atomic E-state index is 12.6. The van der Waals surface area contributed by atoms with Crippen molar-refractivity contribution in [1.82, 2.24) is 20.1 Å². The van der Waals surface area contributed by atoms with Crippen LogP contribution >= 0.6 is 0 Å². The van der Waals surface area contributed by atoms with Crippen LogP contribution in [0.5, 0.6) is 5.75 Å². The van der Waals surface area contributed by atoms with Crippen molar-refractivity contribution in [3.8, 4) is 11.4 Å². The van der Waals surface area contributed by atoms with Crippen molar-refractivity contribution < 1.29 is 45.4 Å². The smallest absolute Gasteiger partial charge is 0.457 e. The molecule has 0 bridgehead atoms. The van der Waals surface area contributed by atoms with Crippen LogP contribution in [0.3, 0.4) is 0 Å². The first kappa shape index (κ1) is 24.8. The molecule has 2 aromatic heterocycles. The number of ether oxygens (including phenoxy) is 2. The molecule has 3 N–H and O–H groups in total. The van der Waals surface area contributed by atoms with Crippen molar-refractivity contribution in [1.29, 1.82) is 0 Å². The first-order valence-corrected chi connectivity index (χ1v) is 9.35. The topological polar surface area (TPSA) is 121 Å². The van der Waals surface area contributed by atoms with Gasteiger partial charge in [-0.3, -0.25) is 4.79 Å². The van der Waals surface area contributed by atoms with E-state index in [0.29, 0.717) is 5.69 Å². The van der Waals surface area contributed by atoms with Crippen molar-refractivity contribution in [3.05, 3.63) is 47.8 Å². The molecule has 0 radical (unpaired) electrons. The van der Waals surface area contributed by atoms with E-state index in [4.69, 9.17) is 5.73 Å². The second-order valence-corrected chi connectivity index (χ2v) is 6.55. The molecule has 0 aliphatic heterocycles. The monoisotopic (exact) mass is 491 g/mol. The van der Waals surface area contributed by atoms with Crippen LogP contribution in [0.15, 0.2) is 36.5 Å². The van der Waals surface area contributed by atoms with Gasteiger partial charge < -0.3 is 20.5 Å². The highest BCUT2D eigenvalue weighted by atomic mass is 19.4. The van der Waals surface area contributed by atoms with E-state index in [1.807, 2.05) is 0 Å². The zero-order valence-corrected chi connectivity index (χ0v) is 16.9. The summed E-state index contributed by atoms with van der Waals surface area (Å²) in [5.74, 6) is -3.56. The predicted molar refractivity (Wildman–Crippen MR) is 103 cm³/mol. The fourth-order valence-electron chi connectivity index (χ4n) is 2.90. The number of hydrogen-bond donors (Lipinski definition) is 2. The molecule has 0 spiro atoms. The Hall–Kier alpha value is -3.88. The highest BCUT2D eigenvalue weighted by Crippen LogP contribution is 2.27. The quantitative estimate of drug-likeness (QED) is 0.296. The number of carbonyl (C=O) groups excluding carboxylic acids is 2. The number of benzene rings is 1. The Bertz CT molecular complexity index is 1190. The van der Waals surface area contributed by atoms with Crippen LogP contribution in [-0.4, -0.2) is 52.3 Å². The lowest BCUT2D eigenvalue weighted by Gasteiger charge is -2.10. The third-order valence-corrected chi connectivity index (χ3v) is 4.25. The minimum Gasteiger partial charge on any atom is -0.457 e. The molecule has 0 atom stereocenters. The molecule has 9 nitrogen and oxygen atoms in total. The molecule has 3 rings (SSSR count). The van der Waals surface area contributed by atoms with Gasteiger partial charge in [0.2, 0.25) is 0 Å². The zero-order chi connectivity index (χ0) is 25.1. The number of carbonyl (C=O) groups is 2. The molecule has 0 aliphatic rings. The fourth-order valence-corrected chi connectivity index (χ4v) is 2.90. The lowest BCUT2D eigenvalue weighted by Crippen LogP contribution is -2.31. The molecule has 0 unspecified atom stereocenters. The number of nitrogens with zero attached hydrogens (tertiary/aromatic N) is 3. The standard InChI is InChI=1S/C19H15F6N5O4/c20-18(21,22)17(32)33-8-7-28-16(31)12-5-6-27-15-14(12)13(9-26)29-30(15)10-1-3-11(4-2-10)34-19(23,24)25/h1-6H,7-9,26H2,(H,28,31). The SMILES string of the molecule is NCc1nn(-c2ccc(OC(F)(F)F)cc2)c2nccc(C(=O)NCCOC(=O)C(F)(F)F)c12. The number of esters is 1. The average Bonchev–Trinajstić information content (AvgIpc) is 3.14. The summed E-state index contributed by atoms with van der Waals surface area (Å²) < 4.78 is 82.7. The van der Waals surface area contributed by atoms with E-state index in [0.717, 1.165) is 12.1 Å². The number of halogens is 6. The van der Waals surface area contributed by atoms with Gasteiger partial charge in [-0.15, -0.1) is 13.2 Å². The van der Waals surface area contributed by atoms with Crippen LogP contribution in [0, 0.1) is 0 Å². The maximum absolute atomic E-state index is 12.6. The molecule has 0 saturated carbocycles. The van der Waals surface area contributed by atoms with Gasteiger partial charge in [-0.2, -0.15) is 18.3 Å². The molecule has 0 aliphatic carbocycles. The van der Waals surface area contributed by atoms with E-state index in [1.165, 1.54) is 29.1 Å². The third-order valence-electron chi connectivity index (χ3n) is 4.25. The van der Waals surface area contributed by atoms with Crippen molar-refractivity contribution in [2.24, 2.45) is 5.73 Å². The Morgan fingerprint density at radius 1 is 1.06 bits per heavy atom. The molecule has 34 heavy (non-hydrogen) atoms. The van der Waals surface area contributed by atoms with Gasteiger partial charge in [0, 0.05) is 12.7 Å². The lowest BCUT2D eigenvalue weighted by molar-refractivity contribution is -0.274. The number of nitrogens with two attached hydrogens (primary N) is 1. The first-order valence-electron chi connectivity index (χ1n) is 9.35. The van der Waals surface area contributed by atoms with Crippen molar-refractivity contribution in [3.63, 3.8) is 0 Å². The minimum atomic E-state index is -5.15. The van der Waals surface area contributed by atoms with Crippen molar-refractivity contribution in [2.45, 2.75) is 19.1 Å². The molecular weight excluding hydrogens is 476 g/mol. The van der Waals surface area contributed by atoms with E-state index in [1.54, 1.807) is 0 Å². The van der Waals surface area contributed by atoms with Crippen LogP contribution in [0.25, 0.3) is 16.7 Å². The summed E-state index contributed by atoms with van der Waals surface area (Å²) in [6, 6.07) is 6.04.